The first-order valence-corrected chi connectivity index (χ1v) is 7.97. The first-order valence-electron chi connectivity index (χ1n) is 7.15. The average Bonchev–Trinajstić information content (AvgIpc) is 2.92. The maximum absolute atomic E-state index is 11.7. The number of carbonyl (C=O) groups excluding carboxylic acids is 1. The van der Waals surface area contributed by atoms with E-state index in [0.717, 1.165) is 11.4 Å². The fourth-order valence-electron chi connectivity index (χ4n) is 1.73. The lowest BCUT2D eigenvalue weighted by Gasteiger charge is -2.12. The molecule has 0 radical (unpaired) electrons. The maximum atomic E-state index is 11.7. The summed E-state index contributed by atoms with van der Waals surface area (Å²) in [7, 11) is 0. The summed E-state index contributed by atoms with van der Waals surface area (Å²) in [6.45, 7) is 6.09. The van der Waals surface area contributed by atoms with Crippen LogP contribution in [0.4, 0.5) is 4.79 Å². The maximum Gasteiger partial charge on any atom is 0.315 e. The molecule has 0 fully saturated rings. The van der Waals surface area contributed by atoms with Crippen molar-refractivity contribution in [3.63, 3.8) is 0 Å². The largest absolute Gasteiger partial charge is 0.481 e. The van der Waals surface area contributed by atoms with Crippen molar-refractivity contribution in [2.45, 2.75) is 46.1 Å². The molecule has 0 aromatic carbocycles. The minimum Gasteiger partial charge on any atom is -0.481 e. The zero-order valence-corrected chi connectivity index (χ0v) is 13.5. The third-order valence-electron chi connectivity index (χ3n) is 3.16. The van der Waals surface area contributed by atoms with Gasteiger partial charge in [0.15, 0.2) is 0 Å². The van der Waals surface area contributed by atoms with Crippen molar-refractivity contribution in [3.8, 4) is 0 Å². The second kappa shape index (κ2) is 8.61. The van der Waals surface area contributed by atoms with E-state index in [0.29, 0.717) is 19.4 Å². The van der Waals surface area contributed by atoms with Crippen LogP contribution < -0.4 is 10.6 Å². The molecule has 0 saturated carbocycles. The Morgan fingerprint density at radius 1 is 1.43 bits per heavy atom. The van der Waals surface area contributed by atoms with Crippen molar-refractivity contribution in [1.82, 2.24) is 15.6 Å². The third kappa shape index (κ3) is 6.12. The number of hydrogen-bond acceptors (Lipinski definition) is 4. The van der Waals surface area contributed by atoms with Gasteiger partial charge in [-0.25, -0.2) is 9.78 Å². The Balaban J connectivity index is 2.25. The smallest absolute Gasteiger partial charge is 0.315 e. The number of carbonyl (C=O) groups is 2. The van der Waals surface area contributed by atoms with Crippen molar-refractivity contribution >= 4 is 23.3 Å². The standard InChI is InChI=1S/C14H23N3O3S/c1-4-11-8-16-12(21-11)10(3)17-14(20)15-7-5-6-9(2)13(18)19/h8-10H,4-7H2,1-3H3,(H,18,19)(H2,15,17,20). The van der Waals surface area contributed by atoms with Gasteiger partial charge >= 0.3 is 12.0 Å². The number of thiazole rings is 1. The van der Waals surface area contributed by atoms with E-state index in [1.54, 1.807) is 18.3 Å². The van der Waals surface area contributed by atoms with Gasteiger partial charge in [0.1, 0.15) is 5.01 Å². The van der Waals surface area contributed by atoms with Gasteiger partial charge in [-0.05, 0) is 26.2 Å². The van der Waals surface area contributed by atoms with E-state index in [9.17, 15) is 9.59 Å². The lowest BCUT2D eigenvalue weighted by molar-refractivity contribution is -0.141. The molecular formula is C14H23N3O3S. The van der Waals surface area contributed by atoms with Crippen molar-refractivity contribution in [2.24, 2.45) is 5.92 Å². The summed E-state index contributed by atoms with van der Waals surface area (Å²) in [5.41, 5.74) is 0. The molecule has 1 aromatic heterocycles. The number of aliphatic carboxylic acids is 1. The summed E-state index contributed by atoms with van der Waals surface area (Å²) in [4.78, 5) is 27.9. The van der Waals surface area contributed by atoms with Gasteiger partial charge in [-0.3, -0.25) is 4.79 Å². The van der Waals surface area contributed by atoms with E-state index in [2.05, 4.69) is 22.5 Å². The average molecular weight is 313 g/mol. The number of carboxylic acids is 1. The SMILES string of the molecule is CCc1cnc(C(C)NC(=O)NCCCC(C)C(=O)O)s1. The molecule has 6 nitrogen and oxygen atoms in total. The van der Waals surface area contributed by atoms with Crippen LogP contribution in [-0.2, 0) is 11.2 Å². The minimum atomic E-state index is -0.802. The fourth-order valence-corrected chi connectivity index (χ4v) is 2.59. The van der Waals surface area contributed by atoms with E-state index < -0.39 is 5.97 Å². The highest BCUT2D eigenvalue weighted by molar-refractivity contribution is 7.11. The fraction of sp³-hybridized carbons (Fsp3) is 0.643. The van der Waals surface area contributed by atoms with E-state index in [4.69, 9.17) is 5.11 Å². The monoisotopic (exact) mass is 313 g/mol. The Morgan fingerprint density at radius 3 is 2.71 bits per heavy atom. The summed E-state index contributed by atoms with van der Waals surface area (Å²) in [6, 6.07) is -0.382. The Morgan fingerprint density at radius 2 is 2.14 bits per heavy atom. The molecule has 21 heavy (non-hydrogen) atoms. The zero-order valence-electron chi connectivity index (χ0n) is 12.7. The van der Waals surface area contributed by atoms with Crippen LogP contribution in [0.1, 0.15) is 49.5 Å². The molecule has 3 N–H and O–H groups in total. The molecule has 0 aliphatic carbocycles. The Kier molecular flexibility index (Phi) is 7.14. The summed E-state index contributed by atoms with van der Waals surface area (Å²) in [6.07, 6.45) is 3.98. The van der Waals surface area contributed by atoms with Crippen LogP contribution in [0.25, 0.3) is 0 Å². The molecule has 1 aromatic rings. The summed E-state index contributed by atoms with van der Waals surface area (Å²) >= 11 is 1.60. The molecule has 118 valence electrons. The van der Waals surface area contributed by atoms with Gasteiger partial charge in [0.05, 0.1) is 12.0 Å². The van der Waals surface area contributed by atoms with Crippen LogP contribution in [0.2, 0.25) is 0 Å². The number of nitrogens with one attached hydrogen (secondary N) is 2. The molecule has 2 unspecified atom stereocenters. The number of aryl methyl sites for hydroxylation is 1. The molecule has 0 aliphatic rings. The second-order valence-electron chi connectivity index (χ2n) is 5.02. The Bertz CT molecular complexity index is 476. The lowest BCUT2D eigenvalue weighted by atomic mass is 10.1. The quantitative estimate of drug-likeness (QED) is 0.643. The molecule has 0 saturated heterocycles. The normalized spacial score (nSPS) is 13.5. The van der Waals surface area contributed by atoms with Crippen molar-refractivity contribution in [2.75, 3.05) is 6.54 Å². The van der Waals surface area contributed by atoms with Gasteiger partial charge in [0.25, 0.3) is 0 Å². The van der Waals surface area contributed by atoms with Gasteiger partial charge in [-0.15, -0.1) is 11.3 Å². The van der Waals surface area contributed by atoms with Crippen molar-refractivity contribution in [3.05, 3.63) is 16.1 Å². The number of urea groups is 1. The van der Waals surface area contributed by atoms with Crippen molar-refractivity contribution in [1.29, 1.82) is 0 Å². The summed E-state index contributed by atoms with van der Waals surface area (Å²) in [5, 5.41) is 15.2. The van der Waals surface area contributed by atoms with E-state index in [1.165, 1.54) is 4.88 Å². The summed E-state index contributed by atoms with van der Waals surface area (Å²) < 4.78 is 0. The van der Waals surface area contributed by atoms with E-state index in [1.807, 2.05) is 13.1 Å². The molecule has 7 heteroatoms. The topological polar surface area (TPSA) is 91.3 Å². The van der Waals surface area contributed by atoms with Crippen molar-refractivity contribution < 1.29 is 14.7 Å². The third-order valence-corrected chi connectivity index (χ3v) is 4.48. The molecule has 2 amide bonds. The predicted molar refractivity (Wildman–Crippen MR) is 82.5 cm³/mol. The minimum absolute atomic E-state index is 0.131. The predicted octanol–water partition coefficient (Wildman–Crippen LogP) is 2.57. The van der Waals surface area contributed by atoms with Crippen LogP contribution in [0, 0.1) is 5.92 Å². The molecule has 0 spiro atoms. The zero-order chi connectivity index (χ0) is 15.8. The van der Waals surface area contributed by atoms with E-state index >= 15 is 0 Å². The number of rotatable bonds is 8. The molecular weight excluding hydrogens is 290 g/mol. The highest BCUT2D eigenvalue weighted by Crippen LogP contribution is 2.19. The number of nitrogens with zero attached hydrogens (tertiary/aromatic N) is 1. The molecule has 1 heterocycles. The number of amides is 2. The van der Waals surface area contributed by atoms with Crippen LogP contribution in [0.3, 0.4) is 0 Å². The highest BCUT2D eigenvalue weighted by atomic mass is 32.1. The first-order chi connectivity index (χ1) is 9.93. The molecule has 2 atom stereocenters. The van der Waals surface area contributed by atoms with Crippen LogP contribution in [-0.4, -0.2) is 28.6 Å². The molecule has 1 rings (SSSR count). The van der Waals surface area contributed by atoms with Gasteiger partial charge < -0.3 is 15.7 Å². The Hall–Kier alpha value is -1.63. The number of aromatic nitrogens is 1. The number of hydrogen-bond donors (Lipinski definition) is 3. The van der Waals surface area contributed by atoms with E-state index in [-0.39, 0.29) is 18.0 Å². The van der Waals surface area contributed by atoms with Gasteiger partial charge in [0.2, 0.25) is 0 Å². The lowest BCUT2D eigenvalue weighted by Crippen LogP contribution is -2.37. The first kappa shape index (κ1) is 17.4. The van der Waals surface area contributed by atoms with Crippen LogP contribution >= 0.6 is 11.3 Å². The summed E-state index contributed by atoms with van der Waals surface area (Å²) in [5.74, 6) is -1.18. The Labute approximate surface area is 129 Å². The van der Waals surface area contributed by atoms with Crippen LogP contribution in [0.15, 0.2) is 6.20 Å². The highest BCUT2D eigenvalue weighted by Gasteiger charge is 2.13. The molecule has 0 aliphatic heterocycles. The molecule has 0 bridgehead atoms. The second-order valence-corrected chi connectivity index (χ2v) is 6.17. The van der Waals surface area contributed by atoms with Gasteiger partial charge in [-0.1, -0.05) is 13.8 Å². The van der Waals surface area contributed by atoms with Gasteiger partial charge in [-0.2, -0.15) is 0 Å². The number of carboxylic acid groups (broad SMARTS) is 1. The van der Waals surface area contributed by atoms with Gasteiger partial charge in [0, 0.05) is 17.6 Å². The van der Waals surface area contributed by atoms with Crippen LogP contribution in [0.5, 0.6) is 0 Å².